The fraction of sp³-hybridized carbons (Fsp3) is 0.300. The molecule has 1 N–H and O–H groups in total. The van der Waals surface area contributed by atoms with Gasteiger partial charge in [-0.1, -0.05) is 79.7 Å². The first kappa shape index (κ1) is 22.4. The lowest BCUT2D eigenvalue weighted by atomic mass is 10.0. The summed E-state index contributed by atoms with van der Waals surface area (Å²) in [5.74, 6) is 1.71. The molecule has 1 aromatic heterocycles. The lowest BCUT2D eigenvalue weighted by Crippen LogP contribution is -2.12. The molecule has 0 radical (unpaired) electrons. The number of aromatic nitrogens is 2. The number of nitrogens with zero attached hydrogens (tertiary/aromatic N) is 2. The van der Waals surface area contributed by atoms with Crippen LogP contribution in [0.2, 0.25) is 0 Å². The number of aliphatic hydroxyl groups is 1. The largest absolute Gasteiger partial charge is 0.490 e. The van der Waals surface area contributed by atoms with E-state index in [0.717, 1.165) is 71.0 Å². The van der Waals surface area contributed by atoms with Gasteiger partial charge in [-0.2, -0.15) is 0 Å². The van der Waals surface area contributed by atoms with Crippen molar-refractivity contribution in [3.05, 3.63) is 84.4 Å². The van der Waals surface area contributed by atoms with Crippen LogP contribution in [0.1, 0.15) is 44.6 Å². The van der Waals surface area contributed by atoms with Crippen LogP contribution in [-0.4, -0.2) is 20.8 Å². The maximum atomic E-state index is 9.94. The van der Waals surface area contributed by atoms with Crippen molar-refractivity contribution >= 4 is 0 Å². The molecular formula is C30H32N2O2. The molecule has 1 aliphatic rings. The Morgan fingerprint density at radius 2 is 1.56 bits per heavy atom. The molecule has 0 spiro atoms. The molecule has 0 aliphatic heterocycles. The third-order valence-corrected chi connectivity index (χ3v) is 6.60. The zero-order chi connectivity index (χ0) is 23.3. The van der Waals surface area contributed by atoms with Gasteiger partial charge in [-0.05, 0) is 38.2 Å². The number of hydrogen-bond acceptors (Lipinski definition) is 3. The van der Waals surface area contributed by atoms with Gasteiger partial charge >= 0.3 is 0 Å². The summed E-state index contributed by atoms with van der Waals surface area (Å²) in [6, 6.07) is 27.0. The molecule has 0 bridgehead atoms. The second-order valence-electron chi connectivity index (χ2n) is 9.02. The Hall–Kier alpha value is -3.37. The first-order valence-corrected chi connectivity index (χ1v) is 12.4. The zero-order valence-corrected chi connectivity index (χ0v) is 19.8. The van der Waals surface area contributed by atoms with E-state index in [0.29, 0.717) is 0 Å². The number of aliphatic hydroxyl groups excluding tert-OH is 1. The van der Waals surface area contributed by atoms with Gasteiger partial charge in [-0.25, -0.2) is 4.98 Å². The zero-order valence-electron chi connectivity index (χ0n) is 19.8. The highest BCUT2D eigenvalue weighted by atomic mass is 16.5. The maximum absolute atomic E-state index is 9.94. The van der Waals surface area contributed by atoms with Crippen LogP contribution in [0, 0.1) is 0 Å². The van der Waals surface area contributed by atoms with Crippen LogP contribution >= 0.6 is 0 Å². The highest BCUT2D eigenvalue weighted by molar-refractivity contribution is 5.82. The molecule has 4 nitrogen and oxygen atoms in total. The minimum absolute atomic E-state index is 0.0315. The number of rotatable bonds is 8. The average Bonchev–Trinajstić information content (AvgIpc) is 3.53. The topological polar surface area (TPSA) is 47.3 Å². The maximum Gasteiger partial charge on any atom is 0.141 e. The molecular weight excluding hydrogens is 420 g/mol. The van der Waals surface area contributed by atoms with Crippen molar-refractivity contribution in [1.82, 2.24) is 9.55 Å². The van der Waals surface area contributed by atoms with Gasteiger partial charge < -0.3 is 14.4 Å². The summed E-state index contributed by atoms with van der Waals surface area (Å²) < 4.78 is 8.71. The highest BCUT2D eigenvalue weighted by Crippen LogP contribution is 2.38. The summed E-state index contributed by atoms with van der Waals surface area (Å²) in [7, 11) is 0. The van der Waals surface area contributed by atoms with Crippen LogP contribution < -0.4 is 4.74 Å². The van der Waals surface area contributed by atoms with Crippen molar-refractivity contribution in [2.45, 2.75) is 58.3 Å². The molecule has 0 saturated heterocycles. The van der Waals surface area contributed by atoms with Crippen molar-refractivity contribution < 1.29 is 9.84 Å². The number of hydrogen-bond donors (Lipinski definition) is 1. The first-order chi connectivity index (χ1) is 16.8. The van der Waals surface area contributed by atoms with E-state index in [-0.39, 0.29) is 12.7 Å². The molecule has 34 heavy (non-hydrogen) atoms. The molecule has 5 rings (SSSR count). The van der Waals surface area contributed by atoms with Gasteiger partial charge in [-0.15, -0.1) is 0 Å². The van der Waals surface area contributed by atoms with E-state index in [1.165, 1.54) is 12.8 Å². The van der Waals surface area contributed by atoms with E-state index in [1.54, 1.807) is 0 Å². The van der Waals surface area contributed by atoms with Gasteiger partial charge in [0, 0.05) is 28.8 Å². The van der Waals surface area contributed by atoms with E-state index < -0.39 is 0 Å². The van der Waals surface area contributed by atoms with E-state index in [1.807, 2.05) is 18.2 Å². The summed E-state index contributed by atoms with van der Waals surface area (Å²) in [6.45, 7) is 3.03. The van der Waals surface area contributed by atoms with E-state index in [2.05, 4.69) is 72.2 Å². The molecule has 4 aromatic rings. The van der Waals surface area contributed by atoms with Crippen LogP contribution in [0.25, 0.3) is 33.9 Å². The van der Waals surface area contributed by atoms with E-state index in [4.69, 9.17) is 9.72 Å². The van der Waals surface area contributed by atoms with Crippen molar-refractivity contribution in [1.29, 1.82) is 0 Å². The minimum Gasteiger partial charge on any atom is -0.490 e. The quantitative estimate of drug-likeness (QED) is 0.310. The van der Waals surface area contributed by atoms with Crippen LogP contribution in [-0.2, 0) is 13.2 Å². The predicted molar refractivity (Wildman–Crippen MR) is 138 cm³/mol. The molecule has 4 heteroatoms. The Kier molecular flexibility index (Phi) is 6.77. The summed E-state index contributed by atoms with van der Waals surface area (Å²) in [5.41, 5.74) is 6.22. The third-order valence-electron chi connectivity index (χ3n) is 6.60. The standard InChI is InChI=1S/C30H32N2O2/c1-2-19-32-29(23-13-7-4-8-14-23)28(22-11-5-3-6-12-22)31-30(32)24-17-18-25(21-33)27(20-24)34-26-15-9-10-16-26/h3-8,11-14,17-18,20,26,33H,2,9-10,15-16,19,21H2,1H3. The monoisotopic (exact) mass is 452 g/mol. The van der Waals surface area contributed by atoms with Crippen LogP contribution in [0.5, 0.6) is 5.75 Å². The van der Waals surface area contributed by atoms with Crippen molar-refractivity contribution in [2.24, 2.45) is 0 Å². The Balaban J connectivity index is 1.68. The molecule has 1 saturated carbocycles. The molecule has 174 valence electrons. The summed E-state index contributed by atoms with van der Waals surface area (Å²) >= 11 is 0. The smallest absolute Gasteiger partial charge is 0.141 e. The van der Waals surface area contributed by atoms with Crippen LogP contribution in [0.15, 0.2) is 78.9 Å². The molecule has 1 heterocycles. The average molecular weight is 453 g/mol. The van der Waals surface area contributed by atoms with E-state index >= 15 is 0 Å². The van der Waals surface area contributed by atoms with Crippen LogP contribution in [0.4, 0.5) is 0 Å². The summed E-state index contributed by atoms with van der Waals surface area (Å²) in [5, 5.41) is 9.94. The van der Waals surface area contributed by atoms with Gasteiger partial charge in [0.05, 0.1) is 24.1 Å². The molecule has 0 unspecified atom stereocenters. The fourth-order valence-corrected chi connectivity index (χ4v) is 4.92. The number of ether oxygens (including phenoxy) is 1. The number of imidazole rings is 1. The first-order valence-electron chi connectivity index (χ1n) is 12.4. The normalized spacial score (nSPS) is 13.9. The molecule has 0 atom stereocenters. The third kappa shape index (κ3) is 4.51. The Labute approximate surface area is 201 Å². The van der Waals surface area contributed by atoms with Gasteiger partial charge in [0.15, 0.2) is 0 Å². The predicted octanol–water partition coefficient (Wildman–Crippen LogP) is 7.11. The van der Waals surface area contributed by atoms with Crippen molar-refractivity contribution in [3.8, 4) is 39.7 Å². The van der Waals surface area contributed by atoms with Gasteiger partial charge in [-0.3, -0.25) is 0 Å². The minimum atomic E-state index is -0.0315. The molecule has 0 amide bonds. The van der Waals surface area contributed by atoms with Crippen molar-refractivity contribution in [3.63, 3.8) is 0 Å². The molecule has 1 fully saturated rings. The Morgan fingerprint density at radius 1 is 0.882 bits per heavy atom. The second-order valence-corrected chi connectivity index (χ2v) is 9.02. The lowest BCUT2D eigenvalue weighted by Gasteiger charge is -2.17. The SMILES string of the molecule is CCCn1c(-c2ccc(CO)c(OC3CCCC3)c2)nc(-c2ccccc2)c1-c1ccccc1. The molecule has 3 aromatic carbocycles. The Morgan fingerprint density at radius 3 is 2.21 bits per heavy atom. The second kappa shape index (κ2) is 10.3. The van der Waals surface area contributed by atoms with E-state index in [9.17, 15) is 5.11 Å². The molecule has 1 aliphatic carbocycles. The fourth-order valence-electron chi connectivity index (χ4n) is 4.92. The van der Waals surface area contributed by atoms with Crippen LogP contribution in [0.3, 0.4) is 0 Å². The van der Waals surface area contributed by atoms with Gasteiger partial charge in [0.2, 0.25) is 0 Å². The van der Waals surface area contributed by atoms with Gasteiger partial charge in [0.1, 0.15) is 11.6 Å². The highest BCUT2D eigenvalue weighted by Gasteiger charge is 2.23. The lowest BCUT2D eigenvalue weighted by molar-refractivity contribution is 0.199. The van der Waals surface area contributed by atoms with Crippen molar-refractivity contribution in [2.75, 3.05) is 0 Å². The van der Waals surface area contributed by atoms with Gasteiger partial charge in [0.25, 0.3) is 0 Å². The number of benzene rings is 3. The Bertz CT molecular complexity index is 1230. The summed E-state index contributed by atoms with van der Waals surface area (Å²) in [4.78, 5) is 5.22. The summed E-state index contributed by atoms with van der Waals surface area (Å²) in [6.07, 6.45) is 5.81.